The molecule has 2 aromatic rings. The van der Waals surface area contributed by atoms with Crippen molar-refractivity contribution in [1.29, 1.82) is 0 Å². The molecule has 1 aliphatic heterocycles. The average Bonchev–Trinajstić information content (AvgIpc) is 2.96. The van der Waals surface area contributed by atoms with Crippen LogP contribution in [0, 0.1) is 18.7 Å². The Morgan fingerprint density at radius 2 is 1.88 bits per heavy atom. The van der Waals surface area contributed by atoms with E-state index in [1.807, 2.05) is 11.8 Å². The first-order valence-electron chi connectivity index (χ1n) is 8.78. The third kappa shape index (κ3) is 3.74. The average molecular weight is 344 g/mol. The summed E-state index contributed by atoms with van der Waals surface area (Å²) in [4.78, 5) is 17.1. The van der Waals surface area contributed by atoms with E-state index in [4.69, 9.17) is 0 Å². The first-order valence-corrected chi connectivity index (χ1v) is 8.78. The Kier molecular flexibility index (Phi) is 5.18. The summed E-state index contributed by atoms with van der Waals surface area (Å²) >= 11 is 0. The van der Waals surface area contributed by atoms with Crippen LogP contribution in [0.1, 0.15) is 29.9 Å². The minimum atomic E-state index is -0.352. The van der Waals surface area contributed by atoms with E-state index in [2.05, 4.69) is 23.8 Å². The Morgan fingerprint density at radius 1 is 1.20 bits per heavy atom. The van der Waals surface area contributed by atoms with Gasteiger partial charge in [-0.05, 0) is 25.0 Å². The lowest BCUT2D eigenvalue weighted by atomic mass is 10.1. The zero-order valence-electron chi connectivity index (χ0n) is 15.1. The third-order valence-corrected chi connectivity index (χ3v) is 4.60. The summed E-state index contributed by atoms with van der Waals surface area (Å²) in [6, 6.07) is 6.45. The smallest absolute Gasteiger partial charge is 0.257 e. The number of benzene rings is 1. The second-order valence-corrected chi connectivity index (χ2v) is 6.99. The Hall–Kier alpha value is -2.21. The summed E-state index contributed by atoms with van der Waals surface area (Å²) in [5.74, 6) is 0.253. The van der Waals surface area contributed by atoms with Crippen molar-refractivity contribution >= 4 is 5.91 Å². The highest BCUT2D eigenvalue weighted by Gasteiger charge is 2.25. The van der Waals surface area contributed by atoms with E-state index >= 15 is 0 Å². The van der Waals surface area contributed by atoms with Crippen LogP contribution in [0.15, 0.2) is 30.5 Å². The highest BCUT2D eigenvalue weighted by atomic mass is 19.1. The van der Waals surface area contributed by atoms with Gasteiger partial charge < -0.3 is 4.90 Å². The number of amides is 1. The quantitative estimate of drug-likeness (QED) is 0.856. The van der Waals surface area contributed by atoms with Gasteiger partial charge in [0.05, 0.1) is 17.5 Å². The van der Waals surface area contributed by atoms with E-state index in [1.165, 1.54) is 10.7 Å². The van der Waals surface area contributed by atoms with Crippen molar-refractivity contribution in [3.63, 3.8) is 0 Å². The topological polar surface area (TPSA) is 41.4 Å². The number of piperazine rings is 1. The van der Waals surface area contributed by atoms with E-state index < -0.39 is 0 Å². The molecular formula is C19H25FN4O. The van der Waals surface area contributed by atoms with Crippen LogP contribution in [0.2, 0.25) is 0 Å². The normalized spacial score (nSPS) is 15.8. The van der Waals surface area contributed by atoms with Crippen molar-refractivity contribution in [1.82, 2.24) is 19.6 Å². The van der Waals surface area contributed by atoms with E-state index in [9.17, 15) is 9.18 Å². The van der Waals surface area contributed by atoms with E-state index in [-0.39, 0.29) is 11.7 Å². The number of carbonyl (C=O) groups excluding carboxylic acids is 1. The maximum absolute atomic E-state index is 14.0. The van der Waals surface area contributed by atoms with Gasteiger partial charge in [-0.3, -0.25) is 9.69 Å². The van der Waals surface area contributed by atoms with Crippen molar-refractivity contribution in [2.24, 2.45) is 5.92 Å². The van der Waals surface area contributed by atoms with Crippen LogP contribution in [-0.4, -0.2) is 58.2 Å². The van der Waals surface area contributed by atoms with Gasteiger partial charge in [-0.2, -0.15) is 5.10 Å². The molecule has 134 valence electrons. The van der Waals surface area contributed by atoms with E-state index in [0.717, 1.165) is 32.7 Å². The highest BCUT2D eigenvalue weighted by molar-refractivity contribution is 5.95. The Balaban J connectivity index is 1.73. The molecule has 1 fully saturated rings. The number of carbonyl (C=O) groups is 1. The Bertz CT molecular complexity index is 748. The van der Waals surface area contributed by atoms with Crippen molar-refractivity contribution < 1.29 is 9.18 Å². The maximum atomic E-state index is 14.0. The molecule has 1 aromatic heterocycles. The monoisotopic (exact) mass is 344 g/mol. The van der Waals surface area contributed by atoms with Gasteiger partial charge >= 0.3 is 0 Å². The number of hydrogen-bond acceptors (Lipinski definition) is 3. The van der Waals surface area contributed by atoms with Gasteiger partial charge in [-0.15, -0.1) is 0 Å². The number of rotatable bonds is 4. The molecule has 3 rings (SSSR count). The number of nitrogens with zero attached hydrogens (tertiary/aromatic N) is 4. The molecule has 25 heavy (non-hydrogen) atoms. The molecule has 0 unspecified atom stereocenters. The van der Waals surface area contributed by atoms with Crippen molar-refractivity contribution in [2.45, 2.75) is 20.8 Å². The molecule has 0 atom stereocenters. The zero-order valence-corrected chi connectivity index (χ0v) is 15.1. The molecule has 0 aliphatic carbocycles. The minimum Gasteiger partial charge on any atom is -0.336 e. The predicted octanol–water partition coefficient (Wildman–Crippen LogP) is 2.73. The fraction of sp³-hybridized carbons (Fsp3) is 0.474. The van der Waals surface area contributed by atoms with Crippen molar-refractivity contribution in [2.75, 3.05) is 32.7 Å². The van der Waals surface area contributed by atoms with Crippen LogP contribution in [0.5, 0.6) is 0 Å². The molecule has 0 radical (unpaired) electrons. The Labute approximate surface area is 148 Å². The first-order chi connectivity index (χ1) is 12.0. The molecule has 2 heterocycles. The number of hydrogen-bond donors (Lipinski definition) is 0. The van der Waals surface area contributed by atoms with Crippen LogP contribution in [0.25, 0.3) is 5.69 Å². The fourth-order valence-corrected chi connectivity index (χ4v) is 3.31. The SMILES string of the molecule is Cc1c(C(=O)N2CCN(CC(C)C)CC2)cnn1-c1ccccc1F. The number of halogens is 1. The van der Waals surface area contributed by atoms with Gasteiger partial charge in [0.2, 0.25) is 0 Å². The fourth-order valence-electron chi connectivity index (χ4n) is 3.31. The van der Waals surface area contributed by atoms with Crippen molar-refractivity contribution in [3.05, 3.63) is 47.5 Å². The van der Waals surface area contributed by atoms with Crippen LogP contribution in [0.3, 0.4) is 0 Å². The van der Waals surface area contributed by atoms with Gasteiger partial charge in [-0.25, -0.2) is 9.07 Å². The maximum Gasteiger partial charge on any atom is 0.257 e. The second kappa shape index (κ2) is 7.35. The second-order valence-electron chi connectivity index (χ2n) is 6.99. The molecule has 0 bridgehead atoms. The molecule has 0 N–H and O–H groups in total. The lowest BCUT2D eigenvalue weighted by Crippen LogP contribution is -2.49. The molecule has 5 nitrogen and oxygen atoms in total. The van der Waals surface area contributed by atoms with Crippen LogP contribution < -0.4 is 0 Å². The summed E-state index contributed by atoms with van der Waals surface area (Å²) in [7, 11) is 0. The van der Waals surface area contributed by atoms with Crippen molar-refractivity contribution in [3.8, 4) is 5.69 Å². The number of aromatic nitrogens is 2. The molecule has 1 aliphatic rings. The standard InChI is InChI=1S/C19H25FN4O/c1-14(2)13-22-8-10-23(11-9-22)19(25)16-12-21-24(15(16)3)18-7-5-4-6-17(18)20/h4-7,12,14H,8-11,13H2,1-3H3. The van der Waals surface area contributed by atoms with Crippen LogP contribution >= 0.6 is 0 Å². The molecule has 1 saturated heterocycles. The number of para-hydroxylation sites is 1. The minimum absolute atomic E-state index is 0.0238. The van der Waals surface area contributed by atoms with E-state index in [1.54, 1.807) is 24.4 Å². The molecule has 0 spiro atoms. The summed E-state index contributed by atoms with van der Waals surface area (Å²) in [6.07, 6.45) is 1.55. The summed E-state index contributed by atoms with van der Waals surface area (Å²) < 4.78 is 15.5. The van der Waals surface area contributed by atoms with Gasteiger partial charge in [0.25, 0.3) is 5.91 Å². The molecule has 6 heteroatoms. The molecule has 1 amide bonds. The van der Waals surface area contributed by atoms with Crippen LogP contribution in [0.4, 0.5) is 4.39 Å². The zero-order chi connectivity index (χ0) is 18.0. The van der Waals surface area contributed by atoms with Crippen LogP contribution in [-0.2, 0) is 0 Å². The van der Waals surface area contributed by atoms with Gasteiger partial charge in [0.1, 0.15) is 11.5 Å². The molecule has 1 aromatic carbocycles. The summed E-state index contributed by atoms with van der Waals surface area (Å²) in [5, 5.41) is 4.24. The molecular weight excluding hydrogens is 319 g/mol. The van der Waals surface area contributed by atoms with Gasteiger partial charge in [0, 0.05) is 32.7 Å². The Morgan fingerprint density at radius 3 is 2.52 bits per heavy atom. The predicted molar refractivity (Wildman–Crippen MR) is 95.4 cm³/mol. The highest BCUT2D eigenvalue weighted by Crippen LogP contribution is 2.19. The summed E-state index contributed by atoms with van der Waals surface area (Å²) in [5.41, 5.74) is 1.57. The first kappa shape index (κ1) is 17.6. The van der Waals surface area contributed by atoms with Gasteiger partial charge in [0.15, 0.2) is 0 Å². The third-order valence-electron chi connectivity index (χ3n) is 4.60. The lowest BCUT2D eigenvalue weighted by molar-refractivity contribution is 0.0623. The largest absolute Gasteiger partial charge is 0.336 e. The molecule has 0 saturated carbocycles. The lowest BCUT2D eigenvalue weighted by Gasteiger charge is -2.35. The van der Waals surface area contributed by atoms with Gasteiger partial charge in [-0.1, -0.05) is 26.0 Å². The van der Waals surface area contributed by atoms with E-state index in [0.29, 0.717) is 22.9 Å². The summed E-state index contributed by atoms with van der Waals surface area (Å²) in [6.45, 7) is 10.5.